The van der Waals surface area contributed by atoms with Crippen molar-refractivity contribution in [2.75, 3.05) is 11.9 Å². The van der Waals surface area contributed by atoms with Gasteiger partial charge in [-0.1, -0.05) is 30.3 Å². The summed E-state index contributed by atoms with van der Waals surface area (Å²) in [6, 6.07) is 8.83. The number of fused-ring (bicyclic) bond motifs is 1. The van der Waals surface area contributed by atoms with Crippen LogP contribution in [0.25, 0.3) is 11.2 Å². The summed E-state index contributed by atoms with van der Waals surface area (Å²) in [7, 11) is 0. The van der Waals surface area contributed by atoms with Gasteiger partial charge in [0, 0.05) is 11.5 Å². The molecule has 1 fully saturated rings. The fourth-order valence-corrected chi connectivity index (χ4v) is 3.70. The van der Waals surface area contributed by atoms with Gasteiger partial charge >= 0.3 is 0 Å². The molecule has 4 atom stereocenters. The molecule has 1 aromatic carbocycles. The van der Waals surface area contributed by atoms with Crippen molar-refractivity contribution in [3.8, 4) is 0 Å². The molecule has 10 heteroatoms. The van der Waals surface area contributed by atoms with Gasteiger partial charge in [0.05, 0.1) is 18.3 Å². The lowest BCUT2D eigenvalue weighted by molar-refractivity contribution is -0.110. The maximum Gasteiger partial charge on any atom is 0.256 e. The molecule has 1 aliphatic heterocycles. The molecular formula is C21H26N6O4. The molecule has 0 bridgehead atoms. The Morgan fingerprint density at radius 1 is 1.26 bits per heavy atom. The molecule has 2 N–H and O–H groups in total. The second-order valence-electron chi connectivity index (χ2n) is 8.55. The van der Waals surface area contributed by atoms with Gasteiger partial charge in [-0.2, -0.15) is 4.68 Å². The van der Waals surface area contributed by atoms with Crippen molar-refractivity contribution in [1.82, 2.24) is 25.0 Å². The van der Waals surface area contributed by atoms with Crippen LogP contribution in [0.2, 0.25) is 0 Å². The van der Waals surface area contributed by atoms with E-state index >= 15 is 0 Å². The van der Waals surface area contributed by atoms with Gasteiger partial charge in [-0.25, -0.2) is 9.97 Å². The third-order valence-corrected chi connectivity index (χ3v) is 5.09. The van der Waals surface area contributed by atoms with Crippen LogP contribution in [0.5, 0.6) is 0 Å². The average Bonchev–Trinajstić information content (AvgIpc) is 3.29. The molecule has 4 rings (SSSR count). The van der Waals surface area contributed by atoms with Gasteiger partial charge in [0.15, 0.2) is 23.2 Å². The number of anilines is 1. The van der Waals surface area contributed by atoms with Crippen molar-refractivity contribution >= 4 is 22.9 Å². The first kappa shape index (κ1) is 21.3. The molecular weight excluding hydrogens is 400 g/mol. The highest BCUT2D eigenvalue weighted by molar-refractivity contribution is 6.06. The van der Waals surface area contributed by atoms with E-state index in [1.807, 2.05) is 33.8 Å². The van der Waals surface area contributed by atoms with E-state index in [1.165, 1.54) is 6.33 Å². The maximum atomic E-state index is 12.5. The van der Waals surface area contributed by atoms with E-state index in [1.54, 1.807) is 28.9 Å². The zero-order valence-corrected chi connectivity index (χ0v) is 17.9. The van der Waals surface area contributed by atoms with Gasteiger partial charge < -0.3 is 19.9 Å². The van der Waals surface area contributed by atoms with Gasteiger partial charge in [0.2, 0.25) is 0 Å². The van der Waals surface area contributed by atoms with E-state index in [9.17, 15) is 9.90 Å². The average molecular weight is 426 g/mol. The number of amides is 1. The molecule has 0 spiro atoms. The molecule has 0 radical (unpaired) electrons. The zero-order chi connectivity index (χ0) is 22.2. The van der Waals surface area contributed by atoms with Gasteiger partial charge in [-0.15, -0.1) is 5.10 Å². The summed E-state index contributed by atoms with van der Waals surface area (Å²) in [5.41, 5.74) is 0.875. The van der Waals surface area contributed by atoms with Crippen LogP contribution in [0.4, 0.5) is 5.82 Å². The van der Waals surface area contributed by atoms with Crippen molar-refractivity contribution in [3.63, 3.8) is 0 Å². The predicted molar refractivity (Wildman–Crippen MR) is 112 cm³/mol. The van der Waals surface area contributed by atoms with Crippen molar-refractivity contribution in [2.45, 2.75) is 51.7 Å². The third-order valence-electron chi connectivity index (χ3n) is 5.09. The SMILES string of the molecule is C[C@@H]1[C@H](OC(C)(C)C)[C@@H](CO)O[C@H]1n1nnc2c(NC(=O)c3ccccc3)ncnc21. The number of nitrogens with zero attached hydrogens (tertiary/aromatic N) is 5. The summed E-state index contributed by atoms with van der Waals surface area (Å²) in [5.74, 6) is -0.171. The van der Waals surface area contributed by atoms with Gasteiger partial charge in [0.25, 0.3) is 5.91 Å². The number of aromatic nitrogens is 5. The van der Waals surface area contributed by atoms with Crippen LogP contribution in [0.3, 0.4) is 0 Å². The van der Waals surface area contributed by atoms with Gasteiger partial charge in [0.1, 0.15) is 12.4 Å². The number of benzene rings is 1. The Hall–Kier alpha value is -2.95. The zero-order valence-electron chi connectivity index (χ0n) is 17.9. The largest absolute Gasteiger partial charge is 0.394 e. The summed E-state index contributed by atoms with van der Waals surface area (Å²) in [6.45, 7) is 7.68. The molecule has 0 aliphatic carbocycles. The molecule has 0 saturated carbocycles. The highest BCUT2D eigenvalue weighted by atomic mass is 16.6. The van der Waals surface area contributed by atoms with Gasteiger partial charge in [-0.3, -0.25) is 4.79 Å². The molecule has 164 valence electrons. The number of hydrogen-bond acceptors (Lipinski definition) is 8. The Morgan fingerprint density at radius 3 is 2.68 bits per heavy atom. The fraction of sp³-hybridized carbons (Fsp3) is 0.476. The van der Waals surface area contributed by atoms with Crippen LogP contribution in [-0.2, 0) is 9.47 Å². The summed E-state index contributed by atoms with van der Waals surface area (Å²) in [6.07, 6.45) is -0.0253. The van der Waals surface area contributed by atoms with E-state index in [0.29, 0.717) is 16.7 Å². The van der Waals surface area contributed by atoms with Gasteiger partial charge in [-0.05, 0) is 32.9 Å². The first-order chi connectivity index (χ1) is 14.8. The molecule has 3 heterocycles. The lowest BCUT2D eigenvalue weighted by Gasteiger charge is -2.29. The number of hydrogen-bond donors (Lipinski definition) is 2. The Balaban J connectivity index is 1.63. The van der Waals surface area contributed by atoms with Crippen molar-refractivity contribution in [1.29, 1.82) is 0 Å². The Labute approximate surface area is 179 Å². The number of aliphatic hydroxyl groups is 1. The first-order valence-electron chi connectivity index (χ1n) is 10.1. The Kier molecular flexibility index (Phi) is 5.69. The van der Waals surface area contributed by atoms with Crippen molar-refractivity contribution in [2.24, 2.45) is 5.92 Å². The van der Waals surface area contributed by atoms with E-state index in [4.69, 9.17) is 9.47 Å². The topological polar surface area (TPSA) is 124 Å². The normalized spacial score (nSPS) is 23.9. The van der Waals surface area contributed by atoms with Crippen LogP contribution in [0.1, 0.15) is 44.3 Å². The summed E-state index contributed by atoms with van der Waals surface area (Å²) >= 11 is 0. The van der Waals surface area contributed by atoms with Crippen molar-refractivity contribution in [3.05, 3.63) is 42.2 Å². The molecule has 31 heavy (non-hydrogen) atoms. The Morgan fingerprint density at radius 2 is 2.00 bits per heavy atom. The number of carbonyl (C=O) groups excluding carboxylic acids is 1. The lowest BCUT2D eigenvalue weighted by Crippen LogP contribution is -2.38. The van der Waals surface area contributed by atoms with Crippen LogP contribution in [-0.4, -0.2) is 60.4 Å². The number of nitrogens with one attached hydrogen (secondary N) is 1. The van der Waals surface area contributed by atoms with Crippen LogP contribution < -0.4 is 5.32 Å². The monoisotopic (exact) mass is 426 g/mol. The molecule has 0 unspecified atom stereocenters. The molecule has 1 saturated heterocycles. The smallest absolute Gasteiger partial charge is 0.256 e. The number of ether oxygens (including phenoxy) is 2. The predicted octanol–water partition coefficient (Wildman–Crippen LogP) is 2.18. The fourth-order valence-electron chi connectivity index (χ4n) is 3.70. The highest BCUT2D eigenvalue weighted by Crippen LogP contribution is 2.39. The third kappa shape index (κ3) is 4.27. The molecule has 1 aliphatic rings. The molecule has 10 nitrogen and oxygen atoms in total. The molecule has 1 amide bonds. The van der Waals surface area contributed by atoms with E-state index < -0.39 is 17.9 Å². The molecule has 2 aromatic heterocycles. The van der Waals surface area contributed by atoms with E-state index in [-0.39, 0.29) is 30.4 Å². The summed E-state index contributed by atoms with van der Waals surface area (Å²) < 4.78 is 13.8. The van der Waals surface area contributed by atoms with Crippen molar-refractivity contribution < 1.29 is 19.4 Å². The van der Waals surface area contributed by atoms with E-state index in [2.05, 4.69) is 25.6 Å². The quantitative estimate of drug-likeness (QED) is 0.636. The lowest BCUT2D eigenvalue weighted by atomic mass is 10.0. The number of carbonyl (C=O) groups is 1. The minimum Gasteiger partial charge on any atom is -0.394 e. The van der Waals surface area contributed by atoms with Crippen LogP contribution >= 0.6 is 0 Å². The van der Waals surface area contributed by atoms with Crippen LogP contribution in [0, 0.1) is 5.92 Å². The maximum absolute atomic E-state index is 12.5. The standard InChI is InChI=1S/C21H26N6O4/c1-12-16(31-21(2,3)4)14(10-28)30-20(12)27-18-15(25-26-27)17(22-11-23-18)24-19(29)13-8-6-5-7-9-13/h5-9,11-12,14,16,20,28H,10H2,1-4H3,(H,22,23,24,29)/t12-,14-,16+,20-/m1/s1. The minimum absolute atomic E-state index is 0.126. The highest BCUT2D eigenvalue weighted by Gasteiger charge is 2.46. The minimum atomic E-state index is -0.540. The first-order valence-corrected chi connectivity index (χ1v) is 10.1. The Bertz CT molecular complexity index is 1060. The second-order valence-corrected chi connectivity index (χ2v) is 8.55. The van der Waals surface area contributed by atoms with E-state index in [0.717, 1.165) is 0 Å². The van der Waals surface area contributed by atoms with Crippen LogP contribution in [0.15, 0.2) is 36.7 Å². The molecule has 3 aromatic rings. The second kappa shape index (κ2) is 8.29. The summed E-state index contributed by atoms with van der Waals surface area (Å²) in [4.78, 5) is 21.0. The summed E-state index contributed by atoms with van der Waals surface area (Å²) in [5, 5.41) is 21.0. The number of rotatable bonds is 5. The number of aliphatic hydroxyl groups excluding tert-OH is 1.